The minimum Gasteiger partial charge on any atom is -0.504 e. The summed E-state index contributed by atoms with van der Waals surface area (Å²) in [5.41, 5.74) is -0.0983. The Morgan fingerprint density at radius 1 is 0.920 bits per heavy atom. The molecular weight excluding hydrogens is 328 g/mol. The van der Waals surface area contributed by atoms with E-state index in [-0.39, 0.29) is 45.5 Å². The molecule has 2 N–H and O–H groups in total. The average Bonchev–Trinajstić information content (AvgIpc) is 2.62. The van der Waals surface area contributed by atoms with Gasteiger partial charge in [-0.15, -0.1) is 0 Å². The van der Waals surface area contributed by atoms with Crippen LogP contribution in [0.3, 0.4) is 0 Å². The van der Waals surface area contributed by atoms with E-state index in [2.05, 4.69) is 0 Å². The van der Waals surface area contributed by atoms with Crippen molar-refractivity contribution in [2.75, 3.05) is 21.3 Å². The van der Waals surface area contributed by atoms with E-state index < -0.39 is 5.43 Å². The molecule has 3 aromatic rings. The molecule has 0 radical (unpaired) electrons. The van der Waals surface area contributed by atoms with Gasteiger partial charge in [-0.05, 0) is 30.3 Å². The van der Waals surface area contributed by atoms with E-state index in [9.17, 15) is 15.0 Å². The van der Waals surface area contributed by atoms with E-state index in [0.29, 0.717) is 5.56 Å². The molecule has 0 bridgehead atoms. The van der Waals surface area contributed by atoms with Crippen molar-refractivity contribution in [1.29, 1.82) is 0 Å². The predicted octanol–water partition coefficient (Wildman–Crippen LogP) is 2.90. The van der Waals surface area contributed by atoms with Crippen LogP contribution in [-0.2, 0) is 0 Å². The molecular formula is C18H16O7. The topological polar surface area (TPSA) is 98.4 Å². The first-order chi connectivity index (χ1) is 12.0. The molecule has 2 aromatic carbocycles. The minimum absolute atomic E-state index is 0.0320. The van der Waals surface area contributed by atoms with Gasteiger partial charge in [0, 0.05) is 5.56 Å². The summed E-state index contributed by atoms with van der Waals surface area (Å²) in [4.78, 5) is 12.7. The Hall–Kier alpha value is -3.35. The standard InChI is InChI=1S/C18H16O7/c1-22-12-6-4-9(8-11(12)19)16-18(24-3)14(20)10-5-7-13(23-2)15(21)17(10)25-16/h4-8,19,21H,1-3H3. The van der Waals surface area contributed by atoms with Crippen molar-refractivity contribution in [3.8, 4) is 40.1 Å². The summed E-state index contributed by atoms with van der Waals surface area (Å²) in [6, 6.07) is 7.45. The number of phenols is 2. The lowest BCUT2D eigenvalue weighted by atomic mass is 10.1. The highest BCUT2D eigenvalue weighted by Crippen LogP contribution is 2.40. The van der Waals surface area contributed by atoms with Gasteiger partial charge in [0.1, 0.15) is 0 Å². The van der Waals surface area contributed by atoms with Gasteiger partial charge in [-0.1, -0.05) is 0 Å². The average molecular weight is 344 g/mol. The summed E-state index contributed by atoms with van der Waals surface area (Å²) in [5.74, 6) is 0.0567. The number of methoxy groups -OCH3 is 3. The molecule has 0 aliphatic heterocycles. The minimum atomic E-state index is -0.452. The molecule has 0 aliphatic carbocycles. The van der Waals surface area contributed by atoms with Gasteiger partial charge in [-0.2, -0.15) is 0 Å². The maximum atomic E-state index is 12.7. The van der Waals surface area contributed by atoms with Crippen LogP contribution >= 0.6 is 0 Å². The Morgan fingerprint density at radius 2 is 1.60 bits per heavy atom. The number of benzene rings is 2. The fourth-order valence-electron chi connectivity index (χ4n) is 2.58. The lowest BCUT2D eigenvalue weighted by molar-refractivity contribution is 0.368. The van der Waals surface area contributed by atoms with Crippen LogP contribution in [0.2, 0.25) is 0 Å². The molecule has 0 saturated heterocycles. The first-order valence-corrected chi connectivity index (χ1v) is 7.30. The van der Waals surface area contributed by atoms with Gasteiger partial charge < -0.3 is 28.8 Å². The predicted molar refractivity (Wildman–Crippen MR) is 90.9 cm³/mol. The summed E-state index contributed by atoms with van der Waals surface area (Å²) in [7, 11) is 4.16. The molecule has 1 aromatic heterocycles. The lowest BCUT2D eigenvalue weighted by Crippen LogP contribution is -2.07. The summed E-state index contributed by atoms with van der Waals surface area (Å²) < 4.78 is 21.0. The second-order valence-electron chi connectivity index (χ2n) is 5.17. The highest BCUT2D eigenvalue weighted by atomic mass is 16.5. The molecule has 130 valence electrons. The molecule has 3 rings (SSSR count). The zero-order valence-corrected chi connectivity index (χ0v) is 13.8. The number of phenolic OH excluding ortho intramolecular Hbond substituents is 2. The summed E-state index contributed by atoms with van der Waals surface area (Å²) in [5, 5.41) is 20.4. The number of hydrogen-bond acceptors (Lipinski definition) is 7. The van der Waals surface area contributed by atoms with Crippen LogP contribution < -0.4 is 19.6 Å². The van der Waals surface area contributed by atoms with Crippen molar-refractivity contribution in [2.24, 2.45) is 0 Å². The van der Waals surface area contributed by atoms with Crippen molar-refractivity contribution < 1.29 is 28.8 Å². The van der Waals surface area contributed by atoms with E-state index >= 15 is 0 Å². The Balaban J connectivity index is 2.35. The maximum absolute atomic E-state index is 12.7. The van der Waals surface area contributed by atoms with Gasteiger partial charge >= 0.3 is 0 Å². The van der Waals surface area contributed by atoms with E-state index in [1.165, 1.54) is 45.6 Å². The summed E-state index contributed by atoms with van der Waals surface area (Å²) in [6.07, 6.45) is 0. The van der Waals surface area contributed by atoms with Crippen LogP contribution in [0.4, 0.5) is 0 Å². The lowest BCUT2D eigenvalue weighted by Gasteiger charge is -2.12. The number of ether oxygens (including phenoxy) is 3. The molecule has 0 unspecified atom stereocenters. The molecule has 0 atom stereocenters. The number of fused-ring (bicyclic) bond motifs is 1. The SMILES string of the molecule is COc1ccc(-c2oc3c(O)c(OC)ccc3c(=O)c2OC)cc1O. The van der Waals surface area contributed by atoms with Gasteiger partial charge in [0.2, 0.25) is 16.9 Å². The van der Waals surface area contributed by atoms with Gasteiger partial charge in [-0.25, -0.2) is 0 Å². The van der Waals surface area contributed by atoms with E-state index in [1.807, 2.05) is 0 Å². The Labute approximate surface area is 142 Å². The van der Waals surface area contributed by atoms with E-state index in [0.717, 1.165) is 0 Å². The Bertz CT molecular complexity index is 1000. The van der Waals surface area contributed by atoms with Crippen LogP contribution in [-0.4, -0.2) is 31.5 Å². The third kappa shape index (κ3) is 2.59. The third-order valence-electron chi connectivity index (χ3n) is 3.82. The van der Waals surface area contributed by atoms with Gasteiger partial charge in [-0.3, -0.25) is 4.79 Å². The van der Waals surface area contributed by atoms with Crippen molar-refractivity contribution in [2.45, 2.75) is 0 Å². The second kappa shape index (κ2) is 6.27. The number of rotatable bonds is 4. The van der Waals surface area contributed by atoms with Crippen LogP contribution in [0.25, 0.3) is 22.3 Å². The fraction of sp³-hybridized carbons (Fsp3) is 0.167. The van der Waals surface area contributed by atoms with Crippen LogP contribution in [0, 0.1) is 0 Å². The largest absolute Gasteiger partial charge is 0.504 e. The first kappa shape index (κ1) is 16.5. The quantitative estimate of drug-likeness (QED) is 0.751. The molecule has 0 amide bonds. The van der Waals surface area contributed by atoms with Crippen LogP contribution in [0.5, 0.6) is 28.7 Å². The molecule has 7 nitrogen and oxygen atoms in total. The van der Waals surface area contributed by atoms with E-state index in [1.54, 1.807) is 6.07 Å². The van der Waals surface area contributed by atoms with E-state index in [4.69, 9.17) is 18.6 Å². The van der Waals surface area contributed by atoms with Gasteiger partial charge in [0.05, 0.1) is 26.7 Å². The smallest absolute Gasteiger partial charge is 0.235 e. The summed E-state index contributed by atoms with van der Waals surface area (Å²) in [6.45, 7) is 0. The molecule has 1 heterocycles. The van der Waals surface area contributed by atoms with Crippen LogP contribution in [0.15, 0.2) is 39.5 Å². The number of aromatic hydroxyl groups is 2. The monoisotopic (exact) mass is 344 g/mol. The molecule has 0 aliphatic rings. The fourth-order valence-corrected chi connectivity index (χ4v) is 2.58. The molecule has 0 spiro atoms. The molecule has 0 fully saturated rings. The van der Waals surface area contributed by atoms with Crippen molar-refractivity contribution in [3.63, 3.8) is 0 Å². The maximum Gasteiger partial charge on any atom is 0.235 e. The van der Waals surface area contributed by atoms with Gasteiger partial charge in [0.15, 0.2) is 28.6 Å². The third-order valence-corrected chi connectivity index (χ3v) is 3.82. The molecule has 7 heteroatoms. The van der Waals surface area contributed by atoms with Crippen molar-refractivity contribution >= 4 is 11.0 Å². The zero-order chi connectivity index (χ0) is 18.1. The highest BCUT2D eigenvalue weighted by Gasteiger charge is 2.21. The zero-order valence-electron chi connectivity index (χ0n) is 13.8. The Morgan fingerprint density at radius 3 is 2.20 bits per heavy atom. The highest BCUT2D eigenvalue weighted by molar-refractivity contribution is 5.88. The van der Waals surface area contributed by atoms with Crippen molar-refractivity contribution in [3.05, 3.63) is 40.6 Å². The Kier molecular flexibility index (Phi) is 4.14. The van der Waals surface area contributed by atoms with Crippen molar-refractivity contribution in [1.82, 2.24) is 0 Å². The van der Waals surface area contributed by atoms with Gasteiger partial charge in [0.25, 0.3) is 0 Å². The summed E-state index contributed by atoms with van der Waals surface area (Å²) >= 11 is 0. The van der Waals surface area contributed by atoms with Crippen LogP contribution in [0.1, 0.15) is 0 Å². The molecule has 25 heavy (non-hydrogen) atoms. The second-order valence-corrected chi connectivity index (χ2v) is 5.17. The molecule has 0 saturated carbocycles. The first-order valence-electron chi connectivity index (χ1n) is 7.30. The normalized spacial score (nSPS) is 10.7. The number of hydrogen-bond donors (Lipinski definition) is 2.